The Labute approximate surface area is 213 Å². The highest BCUT2D eigenvalue weighted by molar-refractivity contribution is 7.90. The summed E-state index contributed by atoms with van der Waals surface area (Å²) in [5.41, 5.74) is 2.55. The summed E-state index contributed by atoms with van der Waals surface area (Å²) in [5.74, 6) is -0.265. The number of nitrogens with one attached hydrogen (secondary N) is 1. The molecule has 1 aliphatic carbocycles. The lowest BCUT2D eigenvalue weighted by Crippen LogP contribution is -2.39. The summed E-state index contributed by atoms with van der Waals surface area (Å²) < 4.78 is 23.4. The van der Waals surface area contributed by atoms with Gasteiger partial charge in [0.25, 0.3) is 0 Å². The average Bonchev–Trinajstić information content (AvgIpc) is 3.20. The van der Waals surface area contributed by atoms with Crippen molar-refractivity contribution in [2.24, 2.45) is 0 Å². The number of fused-ring (bicyclic) bond motifs is 1. The van der Waals surface area contributed by atoms with Crippen LogP contribution in [0.2, 0.25) is 10.0 Å². The molecule has 5 nitrogen and oxygen atoms in total. The van der Waals surface area contributed by atoms with Crippen molar-refractivity contribution >= 4 is 56.2 Å². The number of rotatable bonds is 4. The molecule has 176 valence electrons. The van der Waals surface area contributed by atoms with E-state index in [0.717, 1.165) is 17.5 Å². The minimum absolute atomic E-state index is 0.172. The van der Waals surface area contributed by atoms with Gasteiger partial charge in [-0.1, -0.05) is 42.3 Å². The molecule has 0 spiro atoms. The number of benzene rings is 2. The van der Waals surface area contributed by atoms with Crippen LogP contribution in [0.1, 0.15) is 60.1 Å². The Kier molecular flexibility index (Phi) is 6.58. The van der Waals surface area contributed by atoms with Crippen LogP contribution in [0.4, 0.5) is 0 Å². The summed E-state index contributed by atoms with van der Waals surface area (Å²) >= 11 is 26.7. The molecule has 0 aliphatic heterocycles. The lowest BCUT2D eigenvalue weighted by atomic mass is 9.72. The number of aromatic amines is 1. The third kappa shape index (κ3) is 4.42. The Morgan fingerprint density at radius 3 is 2.39 bits per heavy atom. The van der Waals surface area contributed by atoms with Gasteiger partial charge in [-0.15, -0.1) is 23.2 Å². The van der Waals surface area contributed by atoms with Gasteiger partial charge in [-0.3, -0.25) is 0 Å². The number of aromatic nitrogens is 2. The zero-order valence-corrected chi connectivity index (χ0v) is 21.8. The Bertz CT molecular complexity index is 1310. The number of halogens is 4. The van der Waals surface area contributed by atoms with Crippen molar-refractivity contribution in [3.05, 3.63) is 80.8 Å². The van der Waals surface area contributed by atoms with Crippen LogP contribution in [0.25, 0.3) is 0 Å². The van der Waals surface area contributed by atoms with Crippen molar-refractivity contribution < 1.29 is 13.5 Å². The molecule has 0 saturated carbocycles. The quantitative estimate of drug-likeness (QED) is 0.383. The molecule has 3 aromatic rings. The molecule has 0 amide bonds. The topological polar surface area (TPSA) is 83.0 Å². The first-order valence-corrected chi connectivity index (χ1v) is 13.6. The van der Waals surface area contributed by atoms with Crippen molar-refractivity contribution in [2.45, 2.75) is 46.9 Å². The van der Waals surface area contributed by atoms with Gasteiger partial charge in [0.1, 0.15) is 11.9 Å². The molecule has 2 aromatic carbocycles. The lowest BCUT2D eigenvalue weighted by Gasteiger charge is -2.42. The van der Waals surface area contributed by atoms with Gasteiger partial charge in [-0.05, 0) is 48.4 Å². The third-order valence-corrected chi connectivity index (χ3v) is 8.98. The van der Waals surface area contributed by atoms with E-state index in [0.29, 0.717) is 27.1 Å². The zero-order valence-electron chi connectivity index (χ0n) is 18.0. The van der Waals surface area contributed by atoms with E-state index in [4.69, 9.17) is 46.4 Å². The number of aliphatic hydroxyl groups excluding tert-OH is 1. The first-order chi connectivity index (χ1) is 15.3. The molecule has 2 N–H and O–H groups in total. The molecule has 0 fully saturated rings. The number of imidazole rings is 1. The van der Waals surface area contributed by atoms with E-state index in [-0.39, 0.29) is 10.8 Å². The monoisotopic (exact) mass is 546 g/mol. The molecular formula is C23H22Cl4N2O3S. The second-order valence-electron chi connectivity index (χ2n) is 8.58. The van der Waals surface area contributed by atoms with Crippen LogP contribution in [0.5, 0.6) is 0 Å². The Balaban J connectivity index is 1.76. The van der Waals surface area contributed by atoms with Crippen LogP contribution in [0.3, 0.4) is 0 Å². The molecule has 1 heterocycles. The van der Waals surface area contributed by atoms with Crippen molar-refractivity contribution in [1.29, 1.82) is 0 Å². The third-order valence-electron chi connectivity index (χ3n) is 6.22. The van der Waals surface area contributed by atoms with Crippen molar-refractivity contribution in [3.63, 3.8) is 0 Å². The minimum Gasteiger partial charge on any atom is -0.380 e. The molecule has 33 heavy (non-hydrogen) atoms. The van der Waals surface area contributed by atoms with E-state index in [1.807, 2.05) is 13.8 Å². The van der Waals surface area contributed by atoms with E-state index in [1.54, 1.807) is 30.3 Å². The molecule has 0 radical (unpaired) electrons. The minimum atomic E-state index is -3.34. The molecule has 10 heteroatoms. The molecule has 5 unspecified atom stereocenters. The predicted molar refractivity (Wildman–Crippen MR) is 133 cm³/mol. The summed E-state index contributed by atoms with van der Waals surface area (Å²) in [4.78, 5) is 7.02. The first-order valence-electron chi connectivity index (χ1n) is 10.2. The summed E-state index contributed by atoms with van der Waals surface area (Å²) in [6, 6.07) is 11.2. The van der Waals surface area contributed by atoms with Crippen LogP contribution in [-0.2, 0) is 14.7 Å². The number of hydrogen-bond acceptors (Lipinski definition) is 4. The van der Waals surface area contributed by atoms with Crippen molar-refractivity contribution in [2.75, 3.05) is 6.26 Å². The maximum absolute atomic E-state index is 11.7. The SMILES string of the molecule is CC1c2[nH]c(C(O)c3ccc(S(C)(=O)=O)cc3)nc2C(C)(Cl)C(c2cc(Cl)ccc2Cl)C1Cl. The van der Waals surface area contributed by atoms with E-state index in [2.05, 4.69) is 9.97 Å². The molecule has 4 rings (SSSR count). The van der Waals surface area contributed by atoms with Crippen LogP contribution in [-0.4, -0.2) is 35.1 Å². The van der Waals surface area contributed by atoms with Gasteiger partial charge in [0.05, 0.1) is 20.8 Å². The van der Waals surface area contributed by atoms with Gasteiger partial charge < -0.3 is 10.1 Å². The highest BCUT2D eigenvalue weighted by Crippen LogP contribution is 2.56. The number of sulfone groups is 1. The van der Waals surface area contributed by atoms with E-state index in [1.165, 1.54) is 12.1 Å². The maximum atomic E-state index is 11.7. The predicted octanol–water partition coefficient (Wildman–Crippen LogP) is 6.16. The van der Waals surface area contributed by atoms with Crippen LogP contribution in [0, 0.1) is 0 Å². The summed E-state index contributed by atoms with van der Waals surface area (Å²) in [6.45, 7) is 3.79. The smallest absolute Gasteiger partial charge is 0.175 e. The van der Waals surface area contributed by atoms with Gasteiger partial charge >= 0.3 is 0 Å². The first kappa shape index (κ1) is 24.8. The largest absolute Gasteiger partial charge is 0.380 e. The summed E-state index contributed by atoms with van der Waals surface area (Å²) in [7, 11) is -3.34. The number of hydrogen-bond donors (Lipinski definition) is 2. The number of alkyl halides is 2. The summed E-state index contributed by atoms with van der Waals surface area (Å²) in [5, 5.41) is 11.6. The summed E-state index contributed by atoms with van der Waals surface area (Å²) in [6.07, 6.45) is 0.0261. The van der Waals surface area contributed by atoms with Gasteiger partial charge in [-0.2, -0.15) is 0 Å². The maximum Gasteiger partial charge on any atom is 0.175 e. The molecule has 0 saturated heterocycles. The van der Waals surface area contributed by atoms with Crippen molar-refractivity contribution in [3.8, 4) is 0 Å². The number of aliphatic hydroxyl groups is 1. The number of H-pyrrole nitrogens is 1. The highest BCUT2D eigenvalue weighted by atomic mass is 35.5. The second kappa shape index (κ2) is 8.74. The Morgan fingerprint density at radius 2 is 1.79 bits per heavy atom. The van der Waals surface area contributed by atoms with E-state index < -0.39 is 32.1 Å². The van der Waals surface area contributed by atoms with Crippen molar-refractivity contribution in [1.82, 2.24) is 9.97 Å². The lowest BCUT2D eigenvalue weighted by molar-refractivity contribution is 0.210. The Morgan fingerprint density at radius 1 is 1.15 bits per heavy atom. The van der Waals surface area contributed by atoms with Crippen LogP contribution in [0.15, 0.2) is 47.4 Å². The van der Waals surface area contributed by atoms with Crippen LogP contribution < -0.4 is 0 Å². The normalized spacial score (nSPS) is 26.1. The van der Waals surface area contributed by atoms with E-state index >= 15 is 0 Å². The molecular weight excluding hydrogens is 526 g/mol. The fourth-order valence-electron chi connectivity index (χ4n) is 4.40. The fraction of sp³-hybridized carbons (Fsp3) is 0.348. The second-order valence-corrected chi connectivity index (χ2v) is 12.7. The molecule has 1 aliphatic rings. The molecule has 5 atom stereocenters. The molecule has 1 aromatic heterocycles. The van der Waals surface area contributed by atoms with Gasteiger partial charge in [-0.25, -0.2) is 13.4 Å². The fourth-order valence-corrected chi connectivity index (χ4v) is 6.42. The Hall–Kier alpha value is -1.28. The van der Waals surface area contributed by atoms with Gasteiger partial charge in [0.15, 0.2) is 9.84 Å². The zero-order chi connectivity index (χ0) is 24.3. The van der Waals surface area contributed by atoms with Gasteiger partial charge in [0.2, 0.25) is 0 Å². The highest BCUT2D eigenvalue weighted by Gasteiger charge is 2.51. The van der Waals surface area contributed by atoms with Crippen LogP contribution >= 0.6 is 46.4 Å². The standard InChI is InChI=1S/C23H22Cl4N2O3S/c1-11-18(26)17(15-10-13(24)6-9-16(15)25)23(2,27)21-19(11)28-22(29-21)20(30)12-4-7-14(8-5-12)33(3,31)32/h4-11,17-18,20,30H,1-3H3,(H,28,29). The van der Waals surface area contributed by atoms with Gasteiger partial charge in [0, 0.05) is 33.8 Å². The average molecular weight is 548 g/mol. The molecule has 0 bridgehead atoms. The van der Waals surface area contributed by atoms with E-state index in [9.17, 15) is 13.5 Å². The number of nitrogens with zero attached hydrogens (tertiary/aromatic N) is 1.